The first kappa shape index (κ1) is 16.6. The monoisotopic (exact) mass is 370 g/mol. The molecule has 1 aliphatic carbocycles. The van der Waals surface area contributed by atoms with E-state index in [-0.39, 0.29) is 21.3 Å². The number of rotatable bonds is 5. The second kappa shape index (κ2) is 3.93. The summed E-state index contributed by atoms with van der Waals surface area (Å²) < 4.78 is 18.9. The molecule has 1 aromatic rings. The van der Waals surface area contributed by atoms with Crippen molar-refractivity contribution in [2.75, 3.05) is 13.2 Å². The average molecular weight is 371 g/mol. The summed E-state index contributed by atoms with van der Waals surface area (Å²) in [4.78, 5) is 0. The van der Waals surface area contributed by atoms with Gasteiger partial charge in [0.05, 0.1) is 0 Å². The third-order valence-corrected chi connectivity index (χ3v) is 16.7. The summed E-state index contributed by atoms with van der Waals surface area (Å²) in [6.45, 7) is 0.0227. The molecule has 1 atom stereocenters. The molecular formula is C13H20Cl2O3SiTi. The number of hydrogen-bond donors (Lipinski definition) is 1. The van der Waals surface area contributed by atoms with Gasteiger partial charge in [0.25, 0.3) is 0 Å². The Balaban J connectivity index is 2.54. The van der Waals surface area contributed by atoms with Crippen molar-refractivity contribution >= 4 is 32.8 Å². The minimum absolute atomic E-state index is 0.00212. The standard InChI is InChI=1S/C9H7.C3H7O2.CH3.2ClH.O.H3Si.Ti/c1-2-5-9-7-3-6-8(9)4-1;4-2-1-3-5;;;;;;/h1-7H;4H,1-3H2;1H3;2*1H;;1H3;/q;-1;;;;;;+3/p-2. The molecule has 3 nitrogen and oxygen atoms in total. The van der Waals surface area contributed by atoms with E-state index in [1.807, 2.05) is 30.3 Å². The van der Waals surface area contributed by atoms with Crippen molar-refractivity contribution < 1.29 is 22.0 Å². The molecule has 20 heavy (non-hydrogen) atoms. The summed E-state index contributed by atoms with van der Waals surface area (Å²) in [6.07, 6.45) is 4.00. The molecule has 1 unspecified atom stereocenters. The van der Waals surface area contributed by atoms with Crippen LogP contribution in [-0.4, -0.2) is 26.4 Å². The summed E-state index contributed by atoms with van der Waals surface area (Å²) >= 11 is 0. The molecule has 1 aliphatic rings. The molecule has 0 fully saturated rings. The molecule has 1 aromatic carbocycles. The minimum atomic E-state index is -6.34. The van der Waals surface area contributed by atoms with Gasteiger partial charge in [-0.15, -0.1) is 0 Å². The van der Waals surface area contributed by atoms with E-state index >= 15 is 0 Å². The Labute approximate surface area is 125 Å². The third-order valence-electron chi connectivity index (χ3n) is 3.85. The van der Waals surface area contributed by atoms with Crippen LogP contribution in [0.15, 0.2) is 30.3 Å². The molecule has 0 aliphatic heterocycles. The van der Waals surface area contributed by atoms with Gasteiger partial charge in [0, 0.05) is 0 Å². The van der Waals surface area contributed by atoms with Gasteiger partial charge in [-0.3, -0.25) is 0 Å². The Kier molecular flexibility index (Phi) is 3.26. The van der Waals surface area contributed by atoms with Gasteiger partial charge in [0.2, 0.25) is 0 Å². The summed E-state index contributed by atoms with van der Waals surface area (Å²) in [7, 11) is 7.00. The molecule has 7 heteroatoms. The van der Waals surface area contributed by atoms with Gasteiger partial charge in [0.1, 0.15) is 0 Å². The third kappa shape index (κ3) is 3.17. The Morgan fingerprint density at radius 3 is 2.70 bits per heavy atom. The molecule has 0 heterocycles. The maximum absolute atomic E-state index is 13.9. The average Bonchev–Trinajstić information content (AvgIpc) is 2.72. The number of allylic oxidation sites excluding steroid dienone is 1. The van der Waals surface area contributed by atoms with Crippen molar-refractivity contribution in [3.63, 3.8) is 0 Å². The van der Waals surface area contributed by atoms with Gasteiger partial charge in [-0.25, -0.2) is 0 Å². The molecule has 0 spiro atoms. The van der Waals surface area contributed by atoms with Gasteiger partial charge in [-0.05, 0) is 0 Å². The van der Waals surface area contributed by atoms with Crippen LogP contribution in [0.25, 0.3) is 6.08 Å². The predicted octanol–water partition coefficient (Wildman–Crippen LogP) is 2.81. The van der Waals surface area contributed by atoms with E-state index in [4.69, 9.17) is 27.0 Å². The quantitative estimate of drug-likeness (QED) is 0.640. The SMILES string of the molecule is [CH3][Ti](=[O])([SiH3])([Cl])([Cl])([O]CCCO)[CH]1C=Cc2ccccc21. The Hall–Kier alpha value is 0.191. The molecule has 0 aromatic heterocycles. The van der Waals surface area contributed by atoms with Crippen molar-refractivity contribution in [1.29, 1.82) is 0 Å². The number of benzene rings is 1. The number of hydrogen-bond acceptors (Lipinski definition) is 3. The van der Waals surface area contributed by atoms with Crippen LogP contribution in [0.3, 0.4) is 0 Å². The van der Waals surface area contributed by atoms with E-state index in [0.29, 0.717) is 6.42 Å². The van der Waals surface area contributed by atoms with Gasteiger partial charge in [-0.1, -0.05) is 0 Å². The molecule has 0 amide bonds. The molecule has 0 saturated heterocycles. The van der Waals surface area contributed by atoms with Crippen molar-refractivity contribution in [3.8, 4) is 0 Å². The zero-order valence-corrected chi connectivity index (χ0v) is 16.8. The van der Waals surface area contributed by atoms with E-state index in [2.05, 4.69) is 0 Å². The van der Waals surface area contributed by atoms with Crippen LogP contribution in [0.1, 0.15) is 21.8 Å². The van der Waals surface area contributed by atoms with E-state index in [1.165, 1.54) is 5.23 Å². The van der Waals surface area contributed by atoms with E-state index < -0.39 is 14.5 Å². The van der Waals surface area contributed by atoms with Gasteiger partial charge < -0.3 is 0 Å². The van der Waals surface area contributed by atoms with Crippen molar-refractivity contribution in [1.82, 2.24) is 0 Å². The molecule has 112 valence electrons. The number of aliphatic hydroxyl groups is 1. The summed E-state index contributed by atoms with van der Waals surface area (Å²) in [6, 6.07) is 7.59. The van der Waals surface area contributed by atoms with Crippen LogP contribution < -0.4 is 0 Å². The maximum atomic E-state index is 13.9. The van der Waals surface area contributed by atoms with E-state index in [0.717, 1.165) is 11.1 Å². The summed E-state index contributed by atoms with van der Waals surface area (Å²) in [5, 5.41) is 10.3. The second-order valence-corrected chi connectivity index (χ2v) is 51.7. The topological polar surface area (TPSA) is 46.5 Å². The van der Waals surface area contributed by atoms with Crippen molar-refractivity contribution in [2.24, 2.45) is 0 Å². The zero-order valence-electron chi connectivity index (χ0n) is 11.7. The van der Waals surface area contributed by atoms with Crippen LogP contribution in [0.2, 0.25) is 5.23 Å². The Bertz CT molecular complexity index is 687. The van der Waals surface area contributed by atoms with Crippen LogP contribution in [0.4, 0.5) is 0 Å². The summed E-state index contributed by atoms with van der Waals surface area (Å²) in [5.74, 6) is 0. The molecule has 2 rings (SSSR count). The van der Waals surface area contributed by atoms with E-state index in [9.17, 15) is 3.32 Å². The van der Waals surface area contributed by atoms with Crippen molar-refractivity contribution in [3.05, 3.63) is 41.5 Å². The number of fused-ring (bicyclic) bond motifs is 1. The molecule has 1 N–H and O–H groups in total. The fraction of sp³-hybridized carbons (Fsp3) is 0.385. The number of aliphatic hydroxyl groups excluding tert-OH is 1. The first-order valence-electron chi connectivity index (χ1n) is 6.75. The van der Waals surface area contributed by atoms with Crippen LogP contribution in [0, 0.1) is 0 Å². The number of halogens is 2. The predicted molar refractivity (Wildman–Crippen MR) is 84.1 cm³/mol. The molecular weight excluding hydrogens is 351 g/mol. The van der Waals surface area contributed by atoms with E-state index in [1.54, 1.807) is 6.08 Å². The first-order chi connectivity index (χ1) is 8.88. The van der Waals surface area contributed by atoms with Crippen molar-refractivity contribution in [2.45, 2.75) is 15.9 Å². The Morgan fingerprint density at radius 1 is 1.40 bits per heavy atom. The normalized spacial score (nSPS) is 23.6. The van der Waals surface area contributed by atoms with Gasteiger partial charge >= 0.3 is 125 Å². The molecule has 0 bridgehead atoms. The van der Waals surface area contributed by atoms with Crippen LogP contribution in [0.5, 0.6) is 0 Å². The fourth-order valence-electron chi connectivity index (χ4n) is 2.76. The fourth-order valence-corrected chi connectivity index (χ4v) is 12.9. The molecule has 0 saturated carbocycles. The molecule has 0 radical (unpaired) electrons. The zero-order chi connectivity index (χ0) is 15.2. The van der Waals surface area contributed by atoms with Crippen LogP contribution in [-0.2, 0) is 16.9 Å². The van der Waals surface area contributed by atoms with Gasteiger partial charge in [-0.2, -0.15) is 0 Å². The summed E-state index contributed by atoms with van der Waals surface area (Å²) in [5.41, 5.74) is 1.80. The Morgan fingerprint density at radius 2 is 2.05 bits per heavy atom. The first-order valence-corrected chi connectivity index (χ1v) is 20.5. The van der Waals surface area contributed by atoms with Crippen LogP contribution >= 0.6 is 18.6 Å². The second-order valence-electron chi connectivity index (χ2n) is 6.96. The van der Waals surface area contributed by atoms with Gasteiger partial charge in [0.15, 0.2) is 0 Å².